The summed E-state index contributed by atoms with van der Waals surface area (Å²) in [6.45, 7) is 5.60. The van der Waals surface area contributed by atoms with E-state index in [2.05, 4.69) is 0 Å². The van der Waals surface area contributed by atoms with Crippen LogP contribution >= 0.6 is 0 Å². The van der Waals surface area contributed by atoms with Crippen molar-refractivity contribution in [2.75, 3.05) is 0 Å². The second-order valence-corrected chi connectivity index (χ2v) is 5.28. The molecule has 0 fully saturated rings. The average Bonchev–Trinajstić information content (AvgIpc) is 2.38. The van der Waals surface area contributed by atoms with E-state index in [1.807, 2.05) is 32.0 Å². The van der Waals surface area contributed by atoms with Gasteiger partial charge in [0, 0.05) is 0 Å². The van der Waals surface area contributed by atoms with Crippen LogP contribution in [0.25, 0.3) is 12.2 Å². The van der Waals surface area contributed by atoms with Crippen molar-refractivity contribution in [2.24, 2.45) is 0 Å². The van der Waals surface area contributed by atoms with Gasteiger partial charge in [-0.05, 0) is 43.5 Å². The van der Waals surface area contributed by atoms with E-state index in [0.717, 1.165) is 16.7 Å². The Balaban J connectivity index is 2.41. The van der Waals surface area contributed by atoms with Crippen molar-refractivity contribution in [3.05, 3.63) is 69.8 Å². The lowest BCUT2D eigenvalue weighted by Crippen LogP contribution is -2.07. The normalized spacial score (nSPS) is 12.1. The predicted octanol–water partition coefficient (Wildman–Crippen LogP) is 5.80. The summed E-state index contributed by atoms with van der Waals surface area (Å²) < 4.78 is 39.2. The van der Waals surface area contributed by atoms with Gasteiger partial charge in [-0.2, -0.15) is 13.2 Å². The third kappa shape index (κ3) is 3.75. The van der Waals surface area contributed by atoms with E-state index in [1.165, 1.54) is 18.2 Å². The molecule has 0 aromatic heterocycles. The van der Waals surface area contributed by atoms with Crippen molar-refractivity contribution in [3.8, 4) is 0 Å². The molecule has 2 aromatic carbocycles. The van der Waals surface area contributed by atoms with Crippen LogP contribution in [0, 0.1) is 20.8 Å². The van der Waals surface area contributed by atoms with Gasteiger partial charge in [0.25, 0.3) is 0 Å². The molecule has 2 aromatic rings. The molecule has 0 aliphatic rings. The number of hydrogen-bond donors (Lipinski definition) is 0. The molecule has 21 heavy (non-hydrogen) atoms. The molecule has 0 N–H and O–H groups in total. The number of halogens is 3. The fraction of sp³-hybridized carbons (Fsp3) is 0.222. The Labute approximate surface area is 122 Å². The molecule has 0 heterocycles. The number of aryl methyl sites for hydroxylation is 3. The maximum Gasteiger partial charge on any atom is 0.416 e. The van der Waals surface area contributed by atoms with Crippen LogP contribution < -0.4 is 0 Å². The van der Waals surface area contributed by atoms with Crippen molar-refractivity contribution in [1.29, 1.82) is 0 Å². The topological polar surface area (TPSA) is 0 Å². The Morgan fingerprint density at radius 2 is 1.29 bits per heavy atom. The van der Waals surface area contributed by atoms with Gasteiger partial charge in [-0.25, -0.2) is 0 Å². The van der Waals surface area contributed by atoms with Gasteiger partial charge < -0.3 is 0 Å². The van der Waals surface area contributed by atoms with Crippen molar-refractivity contribution >= 4 is 12.2 Å². The van der Waals surface area contributed by atoms with Crippen molar-refractivity contribution < 1.29 is 13.2 Å². The standard InChI is InChI=1S/C18H17F3/c1-12-4-6-15(14(3)10-12)8-9-16-7-5-13(2)11-17(16)18(19,20)21/h4-11H,1-3H3/b9-8+. The zero-order valence-corrected chi connectivity index (χ0v) is 12.3. The first kappa shape index (κ1) is 15.4. The Bertz CT molecular complexity index is 679. The van der Waals surface area contributed by atoms with Gasteiger partial charge in [0.2, 0.25) is 0 Å². The van der Waals surface area contributed by atoms with Crippen LogP contribution in [0.2, 0.25) is 0 Å². The predicted molar refractivity (Wildman–Crippen MR) is 81.0 cm³/mol. The Kier molecular flexibility index (Phi) is 4.21. The summed E-state index contributed by atoms with van der Waals surface area (Å²) in [6.07, 6.45) is -1.08. The molecule has 3 heteroatoms. The van der Waals surface area contributed by atoms with Crippen molar-refractivity contribution in [3.63, 3.8) is 0 Å². The lowest BCUT2D eigenvalue weighted by atomic mass is 10.0. The van der Waals surface area contributed by atoms with Crippen molar-refractivity contribution in [1.82, 2.24) is 0 Å². The molecule has 0 saturated carbocycles. The van der Waals surface area contributed by atoms with Gasteiger partial charge in [-0.3, -0.25) is 0 Å². The van der Waals surface area contributed by atoms with E-state index in [1.54, 1.807) is 19.1 Å². The zero-order valence-electron chi connectivity index (χ0n) is 12.3. The molecule has 110 valence electrons. The van der Waals surface area contributed by atoms with Crippen LogP contribution in [0.5, 0.6) is 0 Å². The quantitative estimate of drug-likeness (QED) is 0.613. The summed E-state index contributed by atoms with van der Waals surface area (Å²) in [7, 11) is 0. The van der Waals surface area contributed by atoms with Gasteiger partial charge in [-0.15, -0.1) is 0 Å². The summed E-state index contributed by atoms with van der Waals surface area (Å²) in [5.74, 6) is 0. The first-order valence-electron chi connectivity index (χ1n) is 6.70. The minimum atomic E-state index is -4.34. The lowest BCUT2D eigenvalue weighted by Gasteiger charge is -2.11. The summed E-state index contributed by atoms with van der Waals surface area (Å²) in [5.41, 5.74) is 3.31. The van der Waals surface area contributed by atoms with Gasteiger partial charge in [-0.1, -0.05) is 53.6 Å². The highest BCUT2D eigenvalue weighted by Crippen LogP contribution is 2.33. The van der Waals surface area contributed by atoms with Crippen LogP contribution in [0.3, 0.4) is 0 Å². The summed E-state index contributed by atoms with van der Waals surface area (Å²) in [4.78, 5) is 0. The largest absolute Gasteiger partial charge is 0.416 e. The first-order valence-corrected chi connectivity index (χ1v) is 6.70. The van der Waals surface area contributed by atoms with Crippen LogP contribution in [-0.4, -0.2) is 0 Å². The second kappa shape index (κ2) is 5.76. The minimum Gasteiger partial charge on any atom is -0.166 e. The molecular formula is C18H17F3. The molecule has 0 aliphatic heterocycles. The number of benzene rings is 2. The molecule has 0 nitrogen and oxygen atoms in total. The summed E-state index contributed by atoms with van der Waals surface area (Å²) in [6, 6.07) is 10.3. The zero-order chi connectivity index (χ0) is 15.6. The van der Waals surface area contributed by atoms with Gasteiger partial charge in [0.1, 0.15) is 0 Å². The van der Waals surface area contributed by atoms with Gasteiger partial charge in [0.05, 0.1) is 5.56 Å². The van der Waals surface area contributed by atoms with Crippen molar-refractivity contribution in [2.45, 2.75) is 26.9 Å². The maximum atomic E-state index is 13.1. The highest BCUT2D eigenvalue weighted by atomic mass is 19.4. The fourth-order valence-electron chi connectivity index (χ4n) is 2.25. The van der Waals surface area contributed by atoms with E-state index in [-0.39, 0.29) is 5.56 Å². The number of alkyl halides is 3. The van der Waals surface area contributed by atoms with E-state index in [4.69, 9.17) is 0 Å². The monoisotopic (exact) mass is 290 g/mol. The Morgan fingerprint density at radius 3 is 1.86 bits per heavy atom. The molecule has 0 amide bonds. The molecule has 0 saturated heterocycles. The molecular weight excluding hydrogens is 273 g/mol. The number of hydrogen-bond acceptors (Lipinski definition) is 0. The van der Waals surface area contributed by atoms with Gasteiger partial charge in [0.15, 0.2) is 0 Å². The second-order valence-electron chi connectivity index (χ2n) is 5.28. The molecule has 0 bridgehead atoms. The van der Waals surface area contributed by atoms with Crippen LogP contribution in [0.1, 0.15) is 33.4 Å². The summed E-state index contributed by atoms with van der Waals surface area (Å²) in [5, 5.41) is 0. The van der Waals surface area contributed by atoms with E-state index in [0.29, 0.717) is 5.56 Å². The fourth-order valence-corrected chi connectivity index (χ4v) is 2.25. The smallest absolute Gasteiger partial charge is 0.166 e. The SMILES string of the molecule is Cc1ccc(/C=C/c2ccc(C)cc2C(F)(F)F)c(C)c1. The third-order valence-corrected chi connectivity index (χ3v) is 3.38. The van der Waals surface area contributed by atoms with Crippen LogP contribution in [-0.2, 0) is 6.18 Å². The third-order valence-electron chi connectivity index (χ3n) is 3.38. The molecule has 0 radical (unpaired) electrons. The number of rotatable bonds is 2. The first-order chi connectivity index (χ1) is 9.77. The molecule has 0 atom stereocenters. The van der Waals surface area contributed by atoms with E-state index < -0.39 is 11.7 Å². The summed E-state index contributed by atoms with van der Waals surface area (Å²) >= 11 is 0. The highest BCUT2D eigenvalue weighted by molar-refractivity contribution is 5.73. The maximum absolute atomic E-state index is 13.1. The molecule has 0 unspecified atom stereocenters. The lowest BCUT2D eigenvalue weighted by molar-refractivity contribution is -0.137. The average molecular weight is 290 g/mol. The molecule has 2 rings (SSSR count). The molecule has 0 spiro atoms. The Morgan fingerprint density at radius 1 is 0.762 bits per heavy atom. The Hall–Kier alpha value is -2.03. The van der Waals surface area contributed by atoms with E-state index >= 15 is 0 Å². The molecule has 0 aliphatic carbocycles. The highest BCUT2D eigenvalue weighted by Gasteiger charge is 2.32. The van der Waals surface area contributed by atoms with Crippen LogP contribution in [0.15, 0.2) is 36.4 Å². The van der Waals surface area contributed by atoms with E-state index in [9.17, 15) is 13.2 Å². The van der Waals surface area contributed by atoms with Crippen LogP contribution in [0.4, 0.5) is 13.2 Å². The minimum absolute atomic E-state index is 0.188. The van der Waals surface area contributed by atoms with Gasteiger partial charge >= 0.3 is 6.18 Å².